The van der Waals surface area contributed by atoms with Crippen LogP contribution in [0.4, 0.5) is 0 Å². The monoisotopic (exact) mass is 281 g/mol. The number of carbonyl (C=O) groups excluding carboxylic acids is 1. The van der Waals surface area contributed by atoms with Crippen molar-refractivity contribution in [1.82, 2.24) is 0 Å². The Kier molecular flexibility index (Phi) is 4.73. The fraction of sp³-hybridized carbons (Fsp3) is 0.429. The maximum absolute atomic E-state index is 11.7. The topological polar surface area (TPSA) is 110 Å². The zero-order chi connectivity index (χ0) is 15.5. The van der Waals surface area contributed by atoms with E-state index in [9.17, 15) is 14.7 Å². The van der Waals surface area contributed by atoms with E-state index < -0.39 is 23.4 Å². The molecule has 1 atom stereocenters. The van der Waals surface area contributed by atoms with Gasteiger partial charge in [0, 0.05) is 0 Å². The number of carboxylic acids is 1. The second-order valence-electron chi connectivity index (χ2n) is 5.59. The van der Waals surface area contributed by atoms with Gasteiger partial charge in [0.05, 0.1) is 5.41 Å². The van der Waals surface area contributed by atoms with Crippen LogP contribution in [0.15, 0.2) is 18.2 Å². The van der Waals surface area contributed by atoms with Crippen molar-refractivity contribution in [2.24, 2.45) is 11.1 Å². The minimum absolute atomic E-state index is 0.0394. The van der Waals surface area contributed by atoms with Gasteiger partial charge in [0.2, 0.25) is 0 Å². The maximum atomic E-state index is 11.7. The number of aliphatic carboxylic acids is 1. The lowest BCUT2D eigenvalue weighted by atomic mass is 9.97. The van der Waals surface area contributed by atoms with Crippen LogP contribution in [0.5, 0.6) is 11.5 Å². The molecule has 0 saturated heterocycles. The summed E-state index contributed by atoms with van der Waals surface area (Å²) in [7, 11) is 0. The molecule has 0 amide bonds. The zero-order valence-corrected chi connectivity index (χ0v) is 11.7. The molecule has 1 aromatic carbocycles. The predicted molar refractivity (Wildman–Crippen MR) is 72.5 cm³/mol. The molecule has 6 nitrogen and oxygen atoms in total. The lowest BCUT2D eigenvalue weighted by molar-refractivity contribution is -0.143. The van der Waals surface area contributed by atoms with E-state index in [2.05, 4.69) is 0 Å². The van der Waals surface area contributed by atoms with Crippen molar-refractivity contribution in [3.8, 4) is 11.5 Å². The molecule has 6 heteroatoms. The van der Waals surface area contributed by atoms with Crippen molar-refractivity contribution in [3.05, 3.63) is 23.8 Å². The molecule has 20 heavy (non-hydrogen) atoms. The molecule has 0 bridgehead atoms. The highest BCUT2D eigenvalue weighted by atomic mass is 16.5. The molecule has 1 rings (SSSR count). The van der Waals surface area contributed by atoms with Gasteiger partial charge in [-0.05, 0) is 44.9 Å². The molecule has 0 aliphatic rings. The van der Waals surface area contributed by atoms with E-state index in [1.807, 2.05) is 0 Å². The highest BCUT2D eigenvalue weighted by molar-refractivity contribution is 5.78. The smallest absolute Gasteiger partial charge is 0.320 e. The predicted octanol–water partition coefficient (Wildman–Crippen LogP) is 1.30. The molecule has 0 saturated carbocycles. The van der Waals surface area contributed by atoms with E-state index in [0.29, 0.717) is 5.56 Å². The minimum Gasteiger partial charge on any atom is -0.504 e. The molecule has 0 unspecified atom stereocenters. The first-order chi connectivity index (χ1) is 9.11. The van der Waals surface area contributed by atoms with Gasteiger partial charge in [0.1, 0.15) is 6.04 Å². The van der Waals surface area contributed by atoms with Crippen LogP contribution in [0.1, 0.15) is 26.3 Å². The zero-order valence-electron chi connectivity index (χ0n) is 11.7. The van der Waals surface area contributed by atoms with Crippen LogP contribution < -0.4 is 10.5 Å². The molecule has 0 aliphatic carbocycles. The number of carbonyl (C=O) groups is 2. The second-order valence-corrected chi connectivity index (χ2v) is 5.59. The largest absolute Gasteiger partial charge is 0.504 e. The fourth-order valence-corrected chi connectivity index (χ4v) is 1.37. The SMILES string of the molecule is CC(C)(C)C(=O)Oc1ccc(C[C@H](N)C(=O)O)cc1O. The number of phenols is 1. The highest BCUT2D eigenvalue weighted by Gasteiger charge is 2.24. The number of hydrogen-bond donors (Lipinski definition) is 3. The fourth-order valence-electron chi connectivity index (χ4n) is 1.37. The van der Waals surface area contributed by atoms with E-state index in [0.717, 1.165) is 0 Å². The summed E-state index contributed by atoms with van der Waals surface area (Å²) in [4.78, 5) is 22.4. The van der Waals surface area contributed by atoms with Crippen molar-refractivity contribution in [2.45, 2.75) is 33.2 Å². The van der Waals surface area contributed by atoms with Gasteiger partial charge in [0.15, 0.2) is 11.5 Å². The Balaban J connectivity index is 2.84. The molecule has 110 valence electrons. The molecule has 0 heterocycles. The molecule has 0 fully saturated rings. The summed E-state index contributed by atoms with van der Waals surface area (Å²) in [5.74, 6) is -1.77. The van der Waals surface area contributed by atoms with Crippen LogP contribution in [0.3, 0.4) is 0 Å². The third-order valence-corrected chi connectivity index (χ3v) is 2.61. The van der Waals surface area contributed by atoms with E-state index in [-0.39, 0.29) is 17.9 Å². The Morgan fingerprint density at radius 3 is 2.40 bits per heavy atom. The van der Waals surface area contributed by atoms with Gasteiger partial charge in [-0.25, -0.2) is 0 Å². The van der Waals surface area contributed by atoms with Gasteiger partial charge in [-0.15, -0.1) is 0 Å². The summed E-state index contributed by atoms with van der Waals surface area (Å²) in [6, 6.07) is 3.28. The van der Waals surface area contributed by atoms with Gasteiger partial charge in [-0.2, -0.15) is 0 Å². The van der Waals surface area contributed by atoms with E-state index in [1.165, 1.54) is 12.1 Å². The first-order valence-corrected chi connectivity index (χ1v) is 6.14. The number of ether oxygens (including phenoxy) is 1. The van der Waals surface area contributed by atoms with Crippen LogP contribution in [-0.2, 0) is 16.0 Å². The number of carboxylic acid groups (broad SMARTS) is 1. The summed E-state index contributed by atoms with van der Waals surface area (Å²) >= 11 is 0. The number of benzene rings is 1. The molecule has 0 aliphatic heterocycles. The average molecular weight is 281 g/mol. The number of hydrogen-bond acceptors (Lipinski definition) is 5. The quantitative estimate of drug-likeness (QED) is 0.567. The summed E-state index contributed by atoms with van der Waals surface area (Å²) in [6.07, 6.45) is 0.0798. The van der Waals surface area contributed by atoms with Crippen LogP contribution in [-0.4, -0.2) is 28.2 Å². The maximum Gasteiger partial charge on any atom is 0.320 e. The number of aromatic hydroxyl groups is 1. The van der Waals surface area contributed by atoms with E-state index in [1.54, 1.807) is 26.8 Å². The molecule has 4 N–H and O–H groups in total. The van der Waals surface area contributed by atoms with Gasteiger partial charge in [-0.3, -0.25) is 9.59 Å². The molecule has 0 radical (unpaired) electrons. The van der Waals surface area contributed by atoms with Crippen LogP contribution >= 0.6 is 0 Å². The first-order valence-electron chi connectivity index (χ1n) is 6.14. The third kappa shape index (κ3) is 4.24. The normalized spacial score (nSPS) is 12.8. The summed E-state index contributed by atoms with van der Waals surface area (Å²) in [5.41, 5.74) is 5.27. The van der Waals surface area contributed by atoms with Crippen LogP contribution in [0.25, 0.3) is 0 Å². The van der Waals surface area contributed by atoms with E-state index >= 15 is 0 Å². The molecular formula is C14H19NO5. The molecular weight excluding hydrogens is 262 g/mol. The van der Waals surface area contributed by atoms with Gasteiger partial charge in [0.25, 0.3) is 0 Å². The number of nitrogens with two attached hydrogens (primary N) is 1. The minimum atomic E-state index is -1.12. The molecule has 0 aromatic heterocycles. The average Bonchev–Trinajstić information content (AvgIpc) is 2.31. The van der Waals surface area contributed by atoms with Crippen LogP contribution in [0.2, 0.25) is 0 Å². The van der Waals surface area contributed by atoms with Crippen molar-refractivity contribution in [3.63, 3.8) is 0 Å². The van der Waals surface area contributed by atoms with Gasteiger partial charge >= 0.3 is 11.9 Å². The number of phenolic OH excluding ortho intramolecular Hbond substituents is 1. The van der Waals surface area contributed by atoms with Gasteiger partial charge < -0.3 is 20.7 Å². The van der Waals surface area contributed by atoms with Crippen molar-refractivity contribution in [2.75, 3.05) is 0 Å². The summed E-state index contributed by atoms with van der Waals surface area (Å²) in [6.45, 7) is 5.10. The third-order valence-electron chi connectivity index (χ3n) is 2.61. The van der Waals surface area contributed by atoms with Crippen molar-refractivity contribution in [1.29, 1.82) is 0 Å². The van der Waals surface area contributed by atoms with Crippen molar-refractivity contribution >= 4 is 11.9 Å². The van der Waals surface area contributed by atoms with E-state index in [4.69, 9.17) is 15.6 Å². The summed E-state index contributed by atoms with van der Waals surface area (Å²) in [5, 5.41) is 18.5. The van der Waals surface area contributed by atoms with Crippen molar-refractivity contribution < 1.29 is 24.5 Å². The Hall–Kier alpha value is -2.08. The van der Waals surface area contributed by atoms with Crippen LogP contribution in [0, 0.1) is 5.41 Å². The number of esters is 1. The Bertz CT molecular complexity index is 519. The second kappa shape index (κ2) is 5.92. The lowest BCUT2D eigenvalue weighted by Gasteiger charge is -2.17. The summed E-state index contributed by atoms with van der Waals surface area (Å²) < 4.78 is 5.08. The first kappa shape index (κ1) is 16.0. The standard InChI is InChI=1S/C14H19NO5/c1-14(2,3)13(19)20-11-5-4-8(7-10(11)16)6-9(15)12(17)18/h4-5,7,9,16H,6,15H2,1-3H3,(H,17,18)/t9-/m0/s1. The highest BCUT2D eigenvalue weighted by Crippen LogP contribution is 2.29. The Labute approximate surface area is 117 Å². The Morgan fingerprint density at radius 2 is 1.95 bits per heavy atom. The lowest BCUT2D eigenvalue weighted by Crippen LogP contribution is -2.32. The van der Waals surface area contributed by atoms with Gasteiger partial charge in [-0.1, -0.05) is 6.07 Å². The Morgan fingerprint density at radius 1 is 1.35 bits per heavy atom. The number of rotatable bonds is 4. The molecule has 1 aromatic rings. The molecule has 0 spiro atoms.